The van der Waals surface area contributed by atoms with Crippen molar-refractivity contribution in [2.75, 3.05) is 14.2 Å². The smallest absolute Gasteiger partial charge is 0.346 e. The topological polar surface area (TPSA) is 61.8 Å². The van der Waals surface area contributed by atoms with Gasteiger partial charge in [-0.2, -0.15) is 0 Å². The van der Waals surface area contributed by atoms with Crippen LogP contribution in [0.1, 0.15) is 26.7 Å². The molecule has 3 atom stereocenters. The van der Waals surface area contributed by atoms with Crippen LogP contribution >= 0.6 is 0 Å². The summed E-state index contributed by atoms with van der Waals surface area (Å²) in [6.45, 7) is 8.56. The van der Waals surface area contributed by atoms with E-state index in [-0.39, 0.29) is 11.5 Å². The lowest BCUT2D eigenvalue weighted by Gasteiger charge is -2.59. The van der Waals surface area contributed by atoms with Crippen LogP contribution in [0, 0.1) is 17.3 Å². The van der Waals surface area contributed by atoms with E-state index in [9.17, 15) is 9.59 Å². The van der Waals surface area contributed by atoms with Gasteiger partial charge in [-0.25, -0.2) is 9.59 Å². The molecule has 0 spiro atoms. The van der Waals surface area contributed by atoms with Crippen LogP contribution in [0.2, 0.25) is 0 Å². The van der Waals surface area contributed by atoms with Crippen molar-refractivity contribution in [1.82, 2.24) is 0 Å². The molecule has 3 aliphatic rings. The minimum Gasteiger partial charge on any atom is -0.467 e. The SMILES string of the molecule is C=C1C(OC(C(=O)OC)C(=O)OC)CC2CC1C2(C)C. The number of ether oxygens (including phenoxy) is 3. The molecule has 3 aliphatic carbocycles. The Bertz CT molecular complexity index is 424. The monoisotopic (exact) mass is 282 g/mol. The minimum atomic E-state index is -1.33. The maximum atomic E-state index is 11.6. The summed E-state index contributed by atoms with van der Waals surface area (Å²) >= 11 is 0. The molecule has 0 N–H and O–H groups in total. The molecule has 3 unspecified atom stereocenters. The van der Waals surface area contributed by atoms with Gasteiger partial charge in [0.25, 0.3) is 6.10 Å². The van der Waals surface area contributed by atoms with Crippen LogP contribution in [0.5, 0.6) is 0 Å². The first-order valence-electron chi connectivity index (χ1n) is 6.82. The van der Waals surface area contributed by atoms with Crippen molar-refractivity contribution >= 4 is 11.9 Å². The number of hydrogen-bond donors (Lipinski definition) is 0. The molecule has 0 aromatic rings. The van der Waals surface area contributed by atoms with Crippen molar-refractivity contribution in [3.63, 3.8) is 0 Å². The number of rotatable bonds is 4. The van der Waals surface area contributed by atoms with Crippen LogP contribution in [0.25, 0.3) is 0 Å². The zero-order valence-corrected chi connectivity index (χ0v) is 12.5. The summed E-state index contributed by atoms with van der Waals surface area (Å²) in [5.74, 6) is -0.535. The second kappa shape index (κ2) is 5.20. The van der Waals surface area contributed by atoms with Gasteiger partial charge < -0.3 is 14.2 Å². The molecular weight excluding hydrogens is 260 g/mol. The lowest BCUT2D eigenvalue weighted by molar-refractivity contribution is -0.179. The number of hydrogen-bond acceptors (Lipinski definition) is 5. The number of carbonyl (C=O) groups excluding carboxylic acids is 2. The van der Waals surface area contributed by atoms with Crippen molar-refractivity contribution in [2.24, 2.45) is 17.3 Å². The first-order valence-corrected chi connectivity index (χ1v) is 6.82. The fourth-order valence-electron chi connectivity index (χ4n) is 3.41. The summed E-state index contributed by atoms with van der Waals surface area (Å²) in [5, 5.41) is 0. The molecule has 20 heavy (non-hydrogen) atoms. The third-order valence-corrected chi connectivity index (χ3v) is 4.96. The van der Waals surface area contributed by atoms with Crippen molar-refractivity contribution < 1.29 is 23.8 Å². The van der Waals surface area contributed by atoms with E-state index in [1.807, 2.05) is 0 Å². The predicted molar refractivity (Wildman–Crippen MR) is 71.8 cm³/mol. The standard InChI is InChI=1S/C15H22O5/c1-8-10-6-9(15(10,2)3)7-11(8)20-12(13(16)18-4)14(17)19-5/h9-12H,1,6-7H2,2-5H3. The highest BCUT2D eigenvalue weighted by Gasteiger charge is 2.55. The van der Waals surface area contributed by atoms with E-state index < -0.39 is 18.0 Å². The quantitative estimate of drug-likeness (QED) is 0.446. The van der Waals surface area contributed by atoms with Gasteiger partial charge in [0.1, 0.15) is 0 Å². The lowest BCUT2D eigenvalue weighted by Crippen LogP contribution is -2.55. The van der Waals surface area contributed by atoms with E-state index in [0.29, 0.717) is 11.8 Å². The summed E-state index contributed by atoms with van der Waals surface area (Å²) in [6.07, 6.45) is 0.293. The van der Waals surface area contributed by atoms with Crippen molar-refractivity contribution in [3.05, 3.63) is 12.2 Å². The Morgan fingerprint density at radius 3 is 2.15 bits per heavy atom. The molecule has 0 amide bonds. The van der Waals surface area contributed by atoms with E-state index in [1.165, 1.54) is 14.2 Å². The van der Waals surface area contributed by atoms with Gasteiger partial charge in [-0.15, -0.1) is 0 Å². The molecule has 3 rings (SSSR count). The van der Waals surface area contributed by atoms with Gasteiger partial charge in [-0.1, -0.05) is 20.4 Å². The van der Waals surface area contributed by atoms with Crippen LogP contribution in [-0.4, -0.2) is 38.4 Å². The summed E-state index contributed by atoms with van der Waals surface area (Å²) in [5.41, 5.74) is 1.21. The Morgan fingerprint density at radius 2 is 1.75 bits per heavy atom. The van der Waals surface area contributed by atoms with Crippen LogP contribution in [0.3, 0.4) is 0 Å². The van der Waals surface area contributed by atoms with Crippen LogP contribution in [0.4, 0.5) is 0 Å². The normalized spacial score (nSPS) is 30.6. The zero-order valence-electron chi connectivity index (χ0n) is 12.5. The summed E-state index contributed by atoms with van der Waals surface area (Å²) in [4.78, 5) is 23.3. The maximum Gasteiger partial charge on any atom is 0.346 e. The Kier molecular flexibility index (Phi) is 3.91. The molecule has 3 saturated carbocycles. The molecule has 5 nitrogen and oxygen atoms in total. The number of esters is 2. The van der Waals surface area contributed by atoms with Gasteiger partial charge in [0.15, 0.2) is 0 Å². The van der Waals surface area contributed by atoms with Crippen LogP contribution in [-0.2, 0) is 23.8 Å². The maximum absolute atomic E-state index is 11.6. The lowest BCUT2D eigenvalue weighted by atomic mass is 9.47. The fourth-order valence-corrected chi connectivity index (χ4v) is 3.41. The second-order valence-corrected chi connectivity index (χ2v) is 6.17. The third kappa shape index (κ3) is 2.24. The molecule has 112 valence electrons. The first-order chi connectivity index (χ1) is 9.32. The van der Waals surface area contributed by atoms with Gasteiger partial charge in [-0.05, 0) is 35.7 Å². The molecule has 3 fully saturated rings. The molecule has 0 saturated heterocycles. The summed E-state index contributed by atoms with van der Waals surface area (Å²) in [7, 11) is 2.44. The Balaban J connectivity index is 2.07. The van der Waals surface area contributed by atoms with E-state index in [0.717, 1.165) is 18.4 Å². The highest BCUT2D eigenvalue weighted by Crippen LogP contribution is 2.61. The van der Waals surface area contributed by atoms with Gasteiger partial charge >= 0.3 is 11.9 Å². The second-order valence-electron chi connectivity index (χ2n) is 6.17. The Hall–Kier alpha value is -1.36. The van der Waals surface area contributed by atoms with Crippen molar-refractivity contribution in [3.8, 4) is 0 Å². The van der Waals surface area contributed by atoms with E-state index >= 15 is 0 Å². The third-order valence-electron chi connectivity index (χ3n) is 4.96. The van der Waals surface area contributed by atoms with E-state index in [2.05, 4.69) is 29.9 Å². The van der Waals surface area contributed by atoms with Crippen LogP contribution in [0.15, 0.2) is 12.2 Å². The number of fused-ring (bicyclic) bond motifs is 2. The molecule has 2 bridgehead atoms. The average molecular weight is 282 g/mol. The largest absolute Gasteiger partial charge is 0.467 e. The van der Waals surface area contributed by atoms with Crippen molar-refractivity contribution in [1.29, 1.82) is 0 Å². The molecular formula is C15H22O5. The fraction of sp³-hybridized carbons (Fsp3) is 0.733. The molecule has 0 heterocycles. The van der Waals surface area contributed by atoms with Gasteiger partial charge in [0, 0.05) is 0 Å². The van der Waals surface area contributed by atoms with E-state index in [4.69, 9.17) is 4.74 Å². The van der Waals surface area contributed by atoms with Gasteiger partial charge in [0.2, 0.25) is 0 Å². The van der Waals surface area contributed by atoms with E-state index in [1.54, 1.807) is 0 Å². The molecule has 0 aromatic carbocycles. The number of carbonyl (C=O) groups is 2. The van der Waals surface area contributed by atoms with Crippen LogP contribution < -0.4 is 0 Å². The molecule has 0 radical (unpaired) electrons. The minimum absolute atomic E-state index is 0.239. The number of methoxy groups -OCH3 is 2. The molecule has 0 aliphatic heterocycles. The predicted octanol–water partition coefficient (Wildman–Crippen LogP) is 1.71. The van der Waals surface area contributed by atoms with Crippen molar-refractivity contribution in [2.45, 2.75) is 38.9 Å². The Labute approximate surface area is 119 Å². The summed E-state index contributed by atoms with van der Waals surface area (Å²) < 4.78 is 14.8. The average Bonchev–Trinajstić information content (AvgIpc) is 2.43. The van der Waals surface area contributed by atoms with Gasteiger partial charge in [0.05, 0.1) is 20.3 Å². The molecule has 0 aromatic heterocycles. The highest BCUT2D eigenvalue weighted by molar-refractivity contribution is 5.98. The Morgan fingerprint density at radius 1 is 1.20 bits per heavy atom. The first kappa shape index (κ1) is 15.0. The highest BCUT2D eigenvalue weighted by atomic mass is 16.6. The molecule has 5 heteroatoms. The zero-order chi connectivity index (χ0) is 15.1. The summed E-state index contributed by atoms with van der Waals surface area (Å²) in [6, 6.07) is 0. The van der Waals surface area contributed by atoms with Gasteiger partial charge in [-0.3, -0.25) is 0 Å².